The van der Waals surface area contributed by atoms with Gasteiger partial charge < -0.3 is 4.74 Å². The average molecular weight is 327 g/mol. The fourth-order valence-electron chi connectivity index (χ4n) is 1.70. The van der Waals surface area contributed by atoms with Gasteiger partial charge in [0.05, 0.1) is 11.6 Å². The lowest BCUT2D eigenvalue weighted by Crippen LogP contribution is -1.99. The van der Waals surface area contributed by atoms with Gasteiger partial charge in [-0.3, -0.25) is 0 Å². The predicted molar refractivity (Wildman–Crippen MR) is 89.2 cm³/mol. The van der Waals surface area contributed by atoms with E-state index in [1.165, 1.54) is 5.56 Å². The summed E-state index contributed by atoms with van der Waals surface area (Å²) in [5.41, 5.74) is 1.36. The molecule has 1 nitrogen and oxygen atoms in total. The van der Waals surface area contributed by atoms with Crippen LogP contribution in [-0.2, 0) is 5.75 Å². The highest BCUT2D eigenvalue weighted by Crippen LogP contribution is 2.27. The molecule has 0 radical (unpaired) electrons. The van der Waals surface area contributed by atoms with Crippen LogP contribution < -0.4 is 4.74 Å². The summed E-state index contributed by atoms with van der Waals surface area (Å²) in [7, 11) is 0. The van der Waals surface area contributed by atoms with E-state index in [9.17, 15) is 0 Å². The number of rotatable bonds is 7. The van der Waals surface area contributed by atoms with E-state index in [1.54, 1.807) is 12.1 Å². The fraction of sp³-hybridized carbons (Fsp3) is 0.250. The number of hydrogen-bond donors (Lipinski definition) is 0. The lowest BCUT2D eigenvalue weighted by atomic mass is 10.2. The zero-order valence-electron chi connectivity index (χ0n) is 11.0. The van der Waals surface area contributed by atoms with Gasteiger partial charge in [0, 0.05) is 10.8 Å². The van der Waals surface area contributed by atoms with Crippen LogP contribution in [0.2, 0.25) is 10.0 Å². The molecule has 0 unspecified atom stereocenters. The van der Waals surface area contributed by atoms with Crippen molar-refractivity contribution in [2.45, 2.75) is 12.2 Å². The Labute approximate surface area is 134 Å². The van der Waals surface area contributed by atoms with Gasteiger partial charge in [0.25, 0.3) is 0 Å². The molecule has 0 amide bonds. The Kier molecular flexibility index (Phi) is 6.58. The molecule has 2 rings (SSSR count). The molecule has 0 aliphatic carbocycles. The van der Waals surface area contributed by atoms with Crippen LogP contribution in [0.5, 0.6) is 5.75 Å². The van der Waals surface area contributed by atoms with E-state index in [1.807, 2.05) is 23.9 Å². The van der Waals surface area contributed by atoms with Crippen molar-refractivity contribution in [3.8, 4) is 5.75 Å². The number of hydrogen-bond acceptors (Lipinski definition) is 2. The smallest absolute Gasteiger partial charge is 0.137 e. The van der Waals surface area contributed by atoms with Gasteiger partial charge in [-0.2, -0.15) is 11.8 Å². The summed E-state index contributed by atoms with van der Waals surface area (Å²) >= 11 is 13.8. The van der Waals surface area contributed by atoms with Crippen molar-refractivity contribution in [1.82, 2.24) is 0 Å². The fourth-order valence-corrected chi connectivity index (χ4v) is 3.06. The second kappa shape index (κ2) is 8.46. The standard InChI is InChI=1S/C16H16Cl2OS/c17-14-7-8-16(15(18)11-14)19-9-4-10-20-12-13-5-2-1-3-6-13/h1-3,5-8,11H,4,9-10,12H2. The Hall–Kier alpha value is -0.830. The van der Waals surface area contributed by atoms with Crippen LogP contribution in [-0.4, -0.2) is 12.4 Å². The van der Waals surface area contributed by atoms with Crippen LogP contribution >= 0.6 is 35.0 Å². The molecule has 0 aromatic heterocycles. The molecule has 0 N–H and O–H groups in total. The van der Waals surface area contributed by atoms with Crippen molar-refractivity contribution in [3.05, 3.63) is 64.1 Å². The molecule has 0 heterocycles. The molecule has 0 saturated carbocycles. The zero-order chi connectivity index (χ0) is 14.2. The summed E-state index contributed by atoms with van der Waals surface area (Å²) < 4.78 is 5.64. The van der Waals surface area contributed by atoms with Crippen molar-refractivity contribution < 1.29 is 4.74 Å². The van der Waals surface area contributed by atoms with Crippen LogP contribution in [0.3, 0.4) is 0 Å². The summed E-state index contributed by atoms with van der Waals surface area (Å²) in [6.07, 6.45) is 0.996. The molecule has 2 aromatic carbocycles. The Balaban J connectivity index is 1.62. The van der Waals surface area contributed by atoms with Crippen LogP contribution in [0.4, 0.5) is 0 Å². The topological polar surface area (TPSA) is 9.23 Å². The van der Waals surface area contributed by atoms with Gasteiger partial charge in [0.15, 0.2) is 0 Å². The van der Waals surface area contributed by atoms with E-state index in [2.05, 4.69) is 24.3 Å². The van der Waals surface area contributed by atoms with Crippen LogP contribution in [0.1, 0.15) is 12.0 Å². The molecule has 0 fully saturated rings. The molecule has 2 aromatic rings. The van der Waals surface area contributed by atoms with Gasteiger partial charge in [-0.25, -0.2) is 0 Å². The Morgan fingerprint density at radius 1 is 1.00 bits per heavy atom. The Morgan fingerprint density at radius 2 is 1.80 bits per heavy atom. The quantitative estimate of drug-likeness (QED) is 0.604. The first-order valence-electron chi connectivity index (χ1n) is 6.45. The summed E-state index contributed by atoms with van der Waals surface area (Å²) in [5, 5.41) is 1.19. The van der Waals surface area contributed by atoms with Gasteiger partial charge in [-0.15, -0.1) is 0 Å². The highest BCUT2D eigenvalue weighted by atomic mass is 35.5. The SMILES string of the molecule is Clc1ccc(OCCCSCc2ccccc2)c(Cl)c1. The van der Waals surface area contributed by atoms with Gasteiger partial charge in [-0.05, 0) is 35.9 Å². The molecule has 106 valence electrons. The monoisotopic (exact) mass is 326 g/mol. The molecule has 0 atom stereocenters. The Bertz CT molecular complexity index is 531. The van der Waals surface area contributed by atoms with E-state index < -0.39 is 0 Å². The second-order valence-electron chi connectivity index (χ2n) is 4.31. The maximum atomic E-state index is 6.03. The van der Waals surface area contributed by atoms with Gasteiger partial charge in [-0.1, -0.05) is 53.5 Å². The maximum Gasteiger partial charge on any atom is 0.137 e. The molecule has 0 saturated heterocycles. The van der Waals surface area contributed by atoms with Crippen molar-refractivity contribution >= 4 is 35.0 Å². The first-order chi connectivity index (χ1) is 9.75. The van der Waals surface area contributed by atoms with E-state index in [4.69, 9.17) is 27.9 Å². The summed E-state index contributed by atoms with van der Waals surface area (Å²) in [6, 6.07) is 15.8. The molecule has 0 bridgehead atoms. The number of ether oxygens (including phenoxy) is 1. The summed E-state index contributed by atoms with van der Waals surface area (Å²) in [6.45, 7) is 0.670. The number of benzene rings is 2. The van der Waals surface area contributed by atoms with Crippen molar-refractivity contribution in [3.63, 3.8) is 0 Å². The zero-order valence-corrected chi connectivity index (χ0v) is 13.3. The minimum atomic E-state index is 0.564. The van der Waals surface area contributed by atoms with E-state index in [0.717, 1.165) is 17.9 Å². The maximum absolute atomic E-state index is 6.03. The van der Waals surface area contributed by atoms with Gasteiger partial charge in [0.2, 0.25) is 0 Å². The molecular weight excluding hydrogens is 311 g/mol. The number of thioether (sulfide) groups is 1. The highest BCUT2D eigenvalue weighted by Gasteiger charge is 2.02. The lowest BCUT2D eigenvalue weighted by molar-refractivity contribution is 0.319. The third-order valence-electron chi connectivity index (χ3n) is 2.70. The lowest BCUT2D eigenvalue weighted by Gasteiger charge is -2.08. The summed E-state index contributed by atoms with van der Waals surface area (Å²) in [4.78, 5) is 0. The molecule has 0 aliphatic rings. The molecule has 0 aliphatic heterocycles. The van der Waals surface area contributed by atoms with Crippen LogP contribution in [0.25, 0.3) is 0 Å². The molecular formula is C16H16Cl2OS. The molecule has 0 spiro atoms. The van der Waals surface area contributed by atoms with Crippen molar-refractivity contribution in [2.24, 2.45) is 0 Å². The first-order valence-corrected chi connectivity index (χ1v) is 8.36. The first kappa shape index (κ1) is 15.6. The molecule has 20 heavy (non-hydrogen) atoms. The number of halogens is 2. The predicted octanol–water partition coefficient (Wildman–Crippen LogP) is 5.70. The van der Waals surface area contributed by atoms with Crippen LogP contribution in [0.15, 0.2) is 48.5 Å². The van der Waals surface area contributed by atoms with Crippen molar-refractivity contribution in [1.29, 1.82) is 0 Å². The highest BCUT2D eigenvalue weighted by molar-refractivity contribution is 7.98. The minimum Gasteiger partial charge on any atom is -0.492 e. The average Bonchev–Trinajstić information content (AvgIpc) is 2.46. The Morgan fingerprint density at radius 3 is 2.55 bits per heavy atom. The third-order valence-corrected chi connectivity index (χ3v) is 4.34. The molecule has 4 heteroatoms. The van der Waals surface area contributed by atoms with Gasteiger partial charge >= 0.3 is 0 Å². The second-order valence-corrected chi connectivity index (χ2v) is 6.26. The minimum absolute atomic E-state index is 0.564. The van der Waals surface area contributed by atoms with E-state index in [0.29, 0.717) is 22.4 Å². The van der Waals surface area contributed by atoms with Crippen LogP contribution in [0, 0.1) is 0 Å². The normalized spacial score (nSPS) is 10.5. The van der Waals surface area contributed by atoms with Gasteiger partial charge in [0.1, 0.15) is 5.75 Å². The van der Waals surface area contributed by atoms with E-state index in [-0.39, 0.29) is 0 Å². The van der Waals surface area contributed by atoms with E-state index >= 15 is 0 Å². The summed E-state index contributed by atoms with van der Waals surface area (Å²) in [5.74, 6) is 2.81. The third kappa shape index (κ3) is 5.28. The van der Waals surface area contributed by atoms with Crippen molar-refractivity contribution in [2.75, 3.05) is 12.4 Å². The largest absolute Gasteiger partial charge is 0.492 e.